The third-order valence-corrected chi connectivity index (χ3v) is 5.12. The van der Waals surface area contributed by atoms with Gasteiger partial charge in [-0.2, -0.15) is 4.98 Å². The fourth-order valence-electron chi connectivity index (χ4n) is 3.25. The highest BCUT2D eigenvalue weighted by molar-refractivity contribution is 6.34. The summed E-state index contributed by atoms with van der Waals surface area (Å²) >= 11 is 6.49. The van der Waals surface area contributed by atoms with Gasteiger partial charge in [-0.15, -0.1) is 0 Å². The van der Waals surface area contributed by atoms with Crippen molar-refractivity contribution in [3.63, 3.8) is 0 Å². The molecule has 8 heteroatoms. The molecule has 4 aromatic rings. The minimum absolute atomic E-state index is 0.262. The molecule has 0 atom stereocenters. The fourth-order valence-corrected chi connectivity index (χ4v) is 3.52. The number of benzene rings is 3. The largest absolute Gasteiger partial charge is 0.465 e. The molecule has 1 heterocycles. The highest BCUT2D eigenvalue weighted by Crippen LogP contribution is 2.34. The minimum atomic E-state index is -0.436. The molecule has 0 radical (unpaired) electrons. The molecule has 7 nitrogen and oxygen atoms in total. The molecule has 0 aliphatic rings. The van der Waals surface area contributed by atoms with Gasteiger partial charge in [0.05, 0.1) is 28.7 Å². The number of nitrogens with zero attached hydrogens (tertiary/aromatic N) is 1. The van der Waals surface area contributed by atoms with Gasteiger partial charge < -0.3 is 19.2 Å². The summed E-state index contributed by atoms with van der Waals surface area (Å²) in [4.78, 5) is 30.6. The molecule has 0 spiro atoms. The second-order valence-corrected chi connectivity index (χ2v) is 7.49. The van der Waals surface area contributed by atoms with Crippen molar-refractivity contribution in [3.8, 4) is 28.6 Å². The maximum absolute atomic E-state index is 11.9. The zero-order valence-electron chi connectivity index (χ0n) is 17.6. The van der Waals surface area contributed by atoms with E-state index in [9.17, 15) is 9.59 Å². The summed E-state index contributed by atoms with van der Waals surface area (Å²) in [5, 5.41) is 0.524. The smallest absolute Gasteiger partial charge is 0.338 e. The number of methoxy groups -OCH3 is 1. The van der Waals surface area contributed by atoms with Crippen molar-refractivity contribution >= 4 is 34.6 Å². The van der Waals surface area contributed by atoms with Gasteiger partial charge in [-0.25, -0.2) is 4.79 Å². The van der Waals surface area contributed by atoms with Gasteiger partial charge >= 0.3 is 11.9 Å². The quantitative estimate of drug-likeness (QED) is 0.310. The number of carbonyl (C=O) groups is 2. The van der Waals surface area contributed by atoms with E-state index in [1.54, 1.807) is 36.4 Å². The second-order valence-electron chi connectivity index (χ2n) is 7.08. The molecule has 0 aliphatic heterocycles. The first-order valence-electron chi connectivity index (χ1n) is 9.69. The summed E-state index contributed by atoms with van der Waals surface area (Å²) in [6.45, 7) is 3.17. The third kappa shape index (κ3) is 4.43. The number of aryl methyl sites for hydroxylation is 1. The van der Waals surface area contributed by atoms with E-state index < -0.39 is 5.97 Å². The van der Waals surface area contributed by atoms with Crippen molar-refractivity contribution in [1.82, 2.24) is 9.97 Å². The van der Waals surface area contributed by atoms with Crippen LogP contribution in [0.25, 0.3) is 22.2 Å². The van der Waals surface area contributed by atoms with Gasteiger partial charge in [0.15, 0.2) is 0 Å². The molecular formula is C24H19ClN2O5. The highest BCUT2D eigenvalue weighted by Gasteiger charge is 2.14. The van der Waals surface area contributed by atoms with E-state index in [4.69, 9.17) is 25.8 Å². The third-order valence-electron chi connectivity index (χ3n) is 4.80. The van der Waals surface area contributed by atoms with Crippen LogP contribution in [-0.2, 0) is 9.53 Å². The molecule has 1 aromatic heterocycles. The second kappa shape index (κ2) is 8.72. The predicted molar refractivity (Wildman–Crippen MR) is 120 cm³/mol. The van der Waals surface area contributed by atoms with Gasteiger partial charge in [-0.1, -0.05) is 29.8 Å². The molecule has 3 aromatic carbocycles. The van der Waals surface area contributed by atoms with Gasteiger partial charge in [-0.3, -0.25) is 4.79 Å². The van der Waals surface area contributed by atoms with Gasteiger partial charge in [0, 0.05) is 12.5 Å². The van der Waals surface area contributed by atoms with Crippen LogP contribution in [-0.4, -0.2) is 29.0 Å². The summed E-state index contributed by atoms with van der Waals surface area (Å²) in [6, 6.07) is 16.0. The normalized spacial score (nSPS) is 10.8. The van der Waals surface area contributed by atoms with Crippen molar-refractivity contribution in [3.05, 3.63) is 70.7 Å². The van der Waals surface area contributed by atoms with E-state index in [1.807, 2.05) is 25.1 Å². The van der Waals surface area contributed by atoms with Gasteiger partial charge in [0.1, 0.15) is 11.5 Å². The molecule has 162 valence electrons. The molecule has 0 aliphatic carbocycles. The SMILES string of the molecule is COC(=O)c1cc(Oc2nc3cc(-c4ccc(OC(C)=O)cc4)c(Cl)cc3[nH]2)ccc1C. The van der Waals surface area contributed by atoms with E-state index >= 15 is 0 Å². The number of imidazole rings is 1. The molecule has 1 N–H and O–H groups in total. The van der Waals surface area contributed by atoms with Crippen LogP contribution in [0.15, 0.2) is 54.6 Å². The molecule has 0 unspecified atom stereocenters. The Balaban J connectivity index is 1.63. The minimum Gasteiger partial charge on any atom is -0.465 e. The zero-order chi connectivity index (χ0) is 22.8. The number of hydrogen-bond acceptors (Lipinski definition) is 6. The van der Waals surface area contributed by atoms with Crippen LogP contribution in [0.3, 0.4) is 0 Å². The Morgan fingerprint density at radius 1 is 1.00 bits per heavy atom. The van der Waals surface area contributed by atoms with Crippen molar-refractivity contribution in [2.75, 3.05) is 7.11 Å². The molecular weight excluding hydrogens is 432 g/mol. The number of aromatic amines is 1. The standard InChI is InChI=1S/C24H19ClN2O5/c1-13-4-7-17(10-18(13)23(29)30-3)32-24-26-21-11-19(20(25)12-22(21)27-24)15-5-8-16(9-6-15)31-14(2)28/h4-12H,1-3H3,(H,26,27). The van der Waals surface area contributed by atoms with E-state index in [0.29, 0.717) is 33.1 Å². The Kier molecular flexibility index (Phi) is 5.83. The summed E-state index contributed by atoms with van der Waals surface area (Å²) in [7, 11) is 1.33. The molecule has 0 fully saturated rings. The maximum atomic E-state index is 11.9. The van der Waals surface area contributed by atoms with E-state index in [-0.39, 0.29) is 12.0 Å². The number of esters is 2. The van der Waals surface area contributed by atoms with E-state index in [1.165, 1.54) is 14.0 Å². The number of nitrogens with one attached hydrogen (secondary N) is 1. The van der Waals surface area contributed by atoms with Gasteiger partial charge in [0.2, 0.25) is 0 Å². The molecule has 0 saturated carbocycles. The summed E-state index contributed by atoms with van der Waals surface area (Å²) in [5.74, 6) is 0.0861. The van der Waals surface area contributed by atoms with E-state index in [2.05, 4.69) is 9.97 Å². The van der Waals surface area contributed by atoms with Crippen LogP contribution in [0.4, 0.5) is 0 Å². The number of ether oxygens (including phenoxy) is 3. The lowest BCUT2D eigenvalue weighted by Crippen LogP contribution is -2.04. The average Bonchev–Trinajstić information content (AvgIpc) is 3.15. The topological polar surface area (TPSA) is 90.5 Å². The fraction of sp³-hybridized carbons (Fsp3) is 0.125. The summed E-state index contributed by atoms with van der Waals surface area (Å²) in [6.07, 6.45) is 0. The number of H-pyrrole nitrogens is 1. The maximum Gasteiger partial charge on any atom is 0.338 e. The van der Waals surface area contributed by atoms with Gasteiger partial charge in [-0.05, 0) is 54.4 Å². The Bertz CT molecular complexity index is 1330. The van der Waals surface area contributed by atoms with Crippen LogP contribution < -0.4 is 9.47 Å². The summed E-state index contributed by atoms with van der Waals surface area (Å²) in [5.41, 5.74) is 4.18. The van der Waals surface area contributed by atoms with Crippen molar-refractivity contribution in [1.29, 1.82) is 0 Å². The highest BCUT2D eigenvalue weighted by atomic mass is 35.5. The monoisotopic (exact) mass is 450 g/mol. The van der Waals surface area contributed by atoms with Gasteiger partial charge in [0.25, 0.3) is 6.01 Å². The van der Waals surface area contributed by atoms with Crippen molar-refractivity contribution < 1.29 is 23.8 Å². The lowest BCUT2D eigenvalue weighted by atomic mass is 10.0. The Morgan fingerprint density at radius 2 is 1.72 bits per heavy atom. The number of hydrogen-bond donors (Lipinski definition) is 1. The molecule has 0 bridgehead atoms. The van der Waals surface area contributed by atoms with Crippen molar-refractivity contribution in [2.24, 2.45) is 0 Å². The lowest BCUT2D eigenvalue weighted by Gasteiger charge is -2.07. The first-order valence-corrected chi connectivity index (χ1v) is 10.1. The van der Waals surface area contributed by atoms with Crippen LogP contribution in [0.5, 0.6) is 17.5 Å². The molecule has 4 rings (SSSR count). The molecule has 32 heavy (non-hydrogen) atoms. The Hall–Kier alpha value is -3.84. The molecule has 0 saturated heterocycles. The number of fused-ring (bicyclic) bond motifs is 1. The number of rotatable bonds is 5. The number of halogens is 1. The number of aromatic nitrogens is 2. The average molecular weight is 451 g/mol. The first kappa shape index (κ1) is 21.4. The van der Waals surface area contributed by atoms with Crippen molar-refractivity contribution in [2.45, 2.75) is 13.8 Å². The Labute approximate surface area is 188 Å². The molecule has 0 amide bonds. The number of carbonyl (C=O) groups excluding carboxylic acids is 2. The predicted octanol–water partition coefficient (Wildman–Crippen LogP) is 5.70. The van der Waals surface area contributed by atoms with Crippen LogP contribution in [0.1, 0.15) is 22.8 Å². The Morgan fingerprint density at radius 3 is 2.41 bits per heavy atom. The summed E-state index contributed by atoms with van der Waals surface area (Å²) < 4.78 is 15.7. The van der Waals surface area contributed by atoms with E-state index in [0.717, 1.165) is 16.7 Å². The van der Waals surface area contributed by atoms with Crippen LogP contribution in [0, 0.1) is 6.92 Å². The zero-order valence-corrected chi connectivity index (χ0v) is 18.3. The van der Waals surface area contributed by atoms with Crippen LogP contribution >= 0.6 is 11.6 Å². The lowest BCUT2D eigenvalue weighted by molar-refractivity contribution is -0.131. The van der Waals surface area contributed by atoms with Crippen LogP contribution in [0.2, 0.25) is 5.02 Å². The first-order chi connectivity index (χ1) is 15.3.